The van der Waals surface area contributed by atoms with Crippen LogP contribution >= 0.6 is 11.6 Å². The van der Waals surface area contributed by atoms with E-state index in [0.717, 1.165) is 24.4 Å². The Morgan fingerprint density at radius 2 is 1.82 bits per heavy atom. The Labute approximate surface area is 107 Å². The van der Waals surface area contributed by atoms with Crippen molar-refractivity contribution in [2.45, 2.75) is 31.1 Å². The van der Waals surface area contributed by atoms with Crippen LogP contribution in [0.1, 0.15) is 31.2 Å². The van der Waals surface area contributed by atoms with Crippen LogP contribution < -0.4 is 5.32 Å². The number of ketones is 1. The van der Waals surface area contributed by atoms with E-state index in [9.17, 15) is 4.79 Å². The predicted molar refractivity (Wildman–Crippen MR) is 70.5 cm³/mol. The molecule has 0 aliphatic heterocycles. The number of carbonyl (C=O) groups excluding carboxylic acids is 1. The van der Waals surface area contributed by atoms with Crippen LogP contribution in [0.4, 0.5) is 0 Å². The van der Waals surface area contributed by atoms with Crippen molar-refractivity contribution in [3.63, 3.8) is 0 Å². The Hall–Kier alpha value is -0.860. The van der Waals surface area contributed by atoms with Gasteiger partial charge in [-0.05, 0) is 37.6 Å². The van der Waals surface area contributed by atoms with Gasteiger partial charge in [0.25, 0.3) is 0 Å². The van der Waals surface area contributed by atoms with E-state index in [2.05, 4.69) is 17.4 Å². The van der Waals surface area contributed by atoms with Gasteiger partial charge in [0.15, 0.2) is 0 Å². The molecule has 1 saturated carbocycles. The molecule has 2 nitrogen and oxygen atoms in total. The Morgan fingerprint density at radius 3 is 2.35 bits per heavy atom. The standard InChI is InChI=1S/C14H18ClNO/c1-16-10-14(8-6-13(17)7-9-14)11-2-4-12(15)5-3-11/h2-5,16H,6-10H2,1H3. The van der Waals surface area contributed by atoms with Gasteiger partial charge in [-0.15, -0.1) is 0 Å². The van der Waals surface area contributed by atoms with Crippen molar-refractivity contribution >= 4 is 17.4 Å². The zero-order valence-electron chi connectivity index (χ0n) is 10.1. The van der Waals surface area contributed by atoms with Crippen molar-refractivity contribution in [2.75, 3.05) is 13.6 Å². The number of benzene rings is 1. The summed E-state index contributed by atoms with van der Waals surface area (Å²) >= 11 is 5.93. The second-order valence-electron chi connectivity index (χ2n) is 4.86. The summed E-state index contributed by atoms with van der Waals surface area (Å²) in [7, 11) is 1.97. The zero-order valence-corrected chi connectivity index (χ0v) is 10.9. The van der Waals surface area contributed by atoms with Crippen LogP contribution in [0.3, 0.4) is 0 Å². The number of nitrogens with one attached hydrogen (secondary N) is 1. The minimum atomic E-state index is 0.104. The lowest BCUT2D eigenvalue weighted by Gasteiger charge is -2.37. The Bertz CT molecular complexity index is 389. The lowest BCUT2D eigenvalue weighted by Crippen LogP contribution is -2.40. The highest BCUT2D eigenvalue weighted by atomic mass is 35.5. The molecule has 1 N–H and O–H groups in total. The van der Waals surface area contributed by atoms with Gasteiger partial charge < -0.3 is 5.32 Å². The fourth-order valence-electron chi connectivity index (χ4n) is 2.72. The molecule has 0 radical (unpaired) electrons. The number of hydrogen-bond donors (Lipinski definition) is 1. The maximum Gasteiger partial charge on any atom is 0.132 e. The first-order valence-electron chi connectivity index (χ1n) is 6.09. The highest BCUT2D eigenvalue weighted by molar-refractivity contribution is 6.30. The SMILES string of the molecule is CNCC1(c2ccc(Cl)cc2)CCC(=O)CC1. The van der Waals surface area contributed by atoms with Gasteiger partial charge in [0.05, 0.1) is 0 Å². The van der Waals surface area contributed by atoms with Crippen molar-refractivity contribution in [3.8, 4) is 0 Å². The first-order valence-corrected chi connectivity index (χ1v) is 6.46. The summed E-state index contributed by atoms with van der Waals surface area (Å²) in [5.74, 6) is 0.394. The van der Waals surface area contributed by atoms with Gasteiger partial charge >= 0.3 is 0 Å². The van der Waals surface area contributed by atoms with E-state index in [4.69, 9.17) is 11.6 Å². The third kappa shape index (κ3) is 2.70. The molecule has 0 heterocycles. The predicted octanol–water partition coefficient (Wildman–Crippen LogP) is 2.94. The van der Waals surface area contributed by atoms with Gasteiger partial charge in [-0.2, -0.15) is 0 Å². The van der Waals surface area contributed by atoms with Crippen molar-refractivity contribution in [1.82, 2.24) is 5.32 Å². The van der Waals surface area contributed by atoms with E-state index in [1.165, 1.54) is 5.56 Å². The summed E-state index contributed by atoms with van der Waals surface area (Å²) in [5.41, 5.74) is 1.40. The largest absolute Gasteiger partial charge is 0.319 e. The van der Waals surface area contributed by atoms with Crippen molar-refractivity contribution in [3.05, 3.63) is 34.9 Å². The Kier molecular flexibility index (Phi) is 3.85. The maximum absolute atomic E-state index is 11.4. The second-order valence-corrected chi connectivity index (χ2v) is 5.29. The summed E-state index contributed by atoms with van der Waals surface area (Å²) in [5, 5.41) is 4.03. The van der Waals surface area contributed by atoms with Crippen LogP contribution in [0.25, 0.3) is 0 Å². The summed E-state index contributed by atoms with van der Waals surface area (Å²) in [4.78, 5) is 11.4. The third-order valence-electron chi connectivity index (χ3n) is 3.74. The number of likely N-dealkylation sites (N-methyl/N-ethyl adjacent to an activating group) is 1. The smallest absolute Gasteiger partial charge is 0.132 e. The summed E-state index contributed by atoms with van der Waals surface area (Å²) in [6.07, 6.45) is 3.28. The van der Waals surface area contributed by atoms with Crippen molar-refractivity contribution in [2.24, 2.45) is 0 Å². The molecule has 92 valence electrons. The molecule has 1 fully saturated rings. The van der Waals surface area contributed by atoms with Crippen LogP contribution in [-0.2, 0) is 10.2 Å². The van der Waals surface area contributed by atoms with Gasteiger partial charge in [-0.3, -0.25) is 4.79 Å². The van der Waals surface area contributed by atoms with Crippen LogP contribution in [0.5, 0.6) is 0 Å². The molecule has 0 atom stereocenters. The van der Waals surface area contributed by atoms with Crippen LogP contribution in [0.2, 0.25) is 5.02 Å². The quantitative estimate of drug-likeness (QED) is 0.895. The molecule has 1 aliphatic rings. The van der Waals surface area contributed by atoms with Crippen molar-refractivity contribution < 1.29 is 4.79 Å². The summed E-state index contributed by atoms with van der Waals surface area (Å²) in [6, 6.07) is 8.06. The molecule has 0 amide bonds. The average molecular weight is 252 g/mol. The fraction of sp³-hybridized carbons (Fsp3) is 0.500. The highest BCUT2D eigenvalue weighted by Gasteiger charge is 2.35. The molecule has 0 bridgehead atoms. The topological polar surface area (TPSA) is 29.1 Å². The summed E-state index contributed by atoms with van der Waals surface area (Å²) in [6.45, 7) is 0.919. The number of rotatable bonds is 3. The number of hydrogen-bond acceptors (Lipinski definition) is 2. The monoisotopic (exact) mass is 251 g/mol. The van der Waals surface area contributed by atoms with Gasteiger partial charge in [0.2, 0.25) is 0 Å². The number of halogens is 1. The molecule has 0 saturated heterocycles. The van der Waals surface area contributed by atoms with Crippen LogP contribution in [0.15, 0.2) is 24.3 Å². The third-order valence-corrected chi connectivity index (χ3v) is 3.99. The van der Waals surface area contributed by atoms with Gasteiger partial charge in [-0.25, -0.2) is 0 Å². The molecule has 2 rings (SSSR count). The second kappa shape index (κ2) is 5.19. The van der Waals surface area contributed by atoms with E-state index in [0.29, 0.717) is 18.6 Å². The molecule has 0 unspecified atom stereocenters. The molecule has 3 heteroatoms. The molecule has 17 heavy (non-hydrogen) atoms. The van der Waals surface area contributed by atoms with E-state index in [-0.39, 0.29) is 5.41 Å². The molecule has 0 aromatic heterocycles. The van der Waals surface area contributed by atoms with E-state index >= 15 is 0 Å². The normalized spacial score (nSPS) is 19.3. The van der Waals surface area contributed by atoms with E-state index < -0.39 is 0 Å². The van der Waals surface area contributed by atoms with E-state index in [1.807, 2.05) is 19.2 Å². The first-order chi connectivity index (χ1) is 8.16. The molecular formula is C14H18ClNO. The number of Topliss-reactive ketones (excluding diaryl/α,β-unsaturated/α-hetero) is 1. The van der Waals surface area contributed by atoms with Crippen LogP contribution in [-0.4, -0.2) is 19.4 Å². The summed E-state index contributed by atoms with van der Waals surface area (Å²) < 4.78 is 0. The van der Waals surface area contributed by atoms with Gasteiger partial charge in [0, 0.05) is 29.8 Å². The highest BCUT2D eigenvalue weighted by Crippen LogP contribution is 2.38. The molecule has 1 aromatic rings. The van der Waals surface area contributed by atoms with Crippen molar-refractivity contribution in [1.29, 1.82) is 0 Å². The minimum absolute atomic E-state index is 0.104. The Morgan fingerprint density at radius 1 is 1.24 bits per heavy atom. The minimum Gasteiger partial charge on any atom is -0.319 e. The average Bonchev–Trinajstić information content (AvgIpc) is 2.34. The molecule has 0 spiro atoms. The number of carbonyl (C=O) groups is 1. The van der Waals surface area contributed by atoms with Crippen LogP contribution in [0, 0.1) is 0 Å². The Balaban J connectivity index is 2.27. The fourth-order valence-corrected chi connectivity index (χ4v) is 2.84. The maximum atomic E-state index is 11.4. The zero-order chi connectivity index (χ0) is 12.3. The molecular weight excluding hydrogens is 234 g/mol. The molecule has 1 aliphatic carbocycles. The lowest BCUT2D eigenvalue weighted by atomic mass is 9.69. The van der Waals surface area contributed by atoms with E-state index in [1.54, 1.807) is 0 Å². The first kappa shape index (κ1) is 12.6. The van der Waals surface area contributed by atoms with Gasteiger partial charge in [-0.1, -0.05) is 23.7 Å². The van der Waals surface area contributed by atoms with Gasteiger partial charge in [0.1, 0.15) is 5.78 Å². The lowest BCUT2D eigenvalue weighted by molar-refractivity contribution is -0.121. The molecule has 1 aromatic carbocycles.